The highest BCUT2D eigenvalue weighted by molar-refractivity contribution is 6.76. The molecule has 11 heteroatoms. The Morgan fingerprint density at radius 3 is 2.84 bits per heavy atom. The van der Waals surface area contributed by atoms with Crippen molar-refractivity contribution in [2.24, 2.45) is 0 Å². The van der Waals surface area contributed by atoms with Gasteiger partial charge in [0, 0.05) is 63.3 Å². The average molecular weight is 614 g/mol. The Balaban J connectivity index is 1.39. The maximum Gasteiger partial charge on any atom is 0.228 e. The number of hydrogen-bond acceptors (Lipinski definition) is 9. The van der Waals surface area contributed by atoms with Crippen molar-refractivity contribution in [1.29, 1.82) is 0 Å². The third kappa shape index (κ3) is 7.17. The molecule has 0 bridgehead atoms. The summed E-state index contributed by atoms with van der Waals surface area (Å²) in [6.07, 6.45) is 9.78. The number of ether oxygens (including phenoxy) is 4. The van der Waals surface area contributed by atoms with Gasteiger partial charge in [0.2, 0.25) is 11.8 Å². The number of fused-ring (bicyclic) bond motifs is 2. The molecule has 1 aliphatic heterocycles. The number of aromatic nitrogens is 5. The molecule has 0 radical (unpaired) electrons. The van der Waals surface area contributed by atoms with E-state index >= 15 is 0 Å². The maximum absolute atomic E-state index is 7.95. The van der Waals surface area contributed by atoms with E-state index in [-0.39, 0.29) is 12.9 Å². The van der Waals surface area contributed by atoms with Crippen LogP contribution in [0.4, 0.5) is 5.95 Å². The largest absolute Gasteiger partial charge is 0.472 e. The van der Waals surface area contributed by atoms with Gasteiger partial charge in [-0.05, 0) is 48.7 Å². The van der Waals surface area contributed by atoms with Crippen LogP contribution >= 0.6 is 0 Å². The van der Waals surface area contributed by atoms with E-state index in [1.54, 1.807) is 25.5 Å². The van der Waals surface area contributed by atoms with Gasteiger partial charge in [0.1, 0.15) is 19.1 Å². The smallest absolute Gasteiger partial charge is 0.228 e. The van der Waals surface area contributed by atoms with Gasteiger partial charge in [0.05, 0.1) is 25.1 Å². The minimum absolute atomic E-state index is 0.206. The highest BCUT2D eigenvalue weighted by atomic mass is 28.3. The second-order valence-corrected chi connectivity index (χ2v) is 17.9. The normalized spacial score (nSPS) is 15.8. The van der Waals surface area contributed by atoms with E-state index in [4.69, 9.17) is 30.3 Å². The summed E-state index contributed by atoms with van der Waals surface area (Å²) in [5.41, 5.74) is 4.21. The summed E-state index contributed by atoms with van der Waals surface area (Å²) in [6, 6.07) is 11.3. The first-order chi connectivity index (χ1) is 21.8. The quantitative estimate of drug-likeness (QED) is 0.119. The van der Waals surface area contributed by atoms with Gasteiger partial charge >= 0.3 is 0 Å². The molecule has 4 aromatic heterocycles. The van der Waals surface area contributed by atoms with E-state index in [0.29, 0.717) is 49.2 Å². The lowest BCUT2D eigenvalue weighted by molar-refractivity contribution is -0.105. The second kappa shape index (κ2) is 13.3. The van der Waals surface area contributed by atoms with E-state index in [1.807, 2.05) is 16.7 Å². The summed E-state index contributed by atoms with van der Waals surface area (Å²) in [7, 11) is 0.538. The molecule has 230 valence electrons. The predicted molar refractivity (Wildman–Crippen MR) is 175 cm³/mol. The Bertz CT molecular complexity index is 1790. The van der Waals surface area contributed by atoms with E-state index < -0.39 is 8.07 Å². The van der Waals surface area contributed by atoms with Crippen molar-refractivity contribution in [2.75, 3.05) is 25.6 Å². The molecule has 1 N–H and O–H groups in total. The summed E-state index contributed by atoms with van der Waals surface area (Å²) in [4.78, 5) is 18.3. The van der Waals surface area contributed by atoms with Crippen molar-refractivity contribution < 1.29 is 20.3 Å². The van der Waals surface area contributed by atoms with Crippen LogP contribution < -0.4 is 14.8 Å². The highest BCUT2D eigenvalue weighted by Gasteiger charge is 2.21. The van der Waals surface area contributed by atoms with Crippen LogP contribution in [0, 0.1) is 0 Å². The van der Waals surface area contributed by atoms with E-state index in [0.717, 1.165) is 58.3 Å². The minimum atomic E-state index is -1.24. The van der Waals surface area contributed by atoms with Crippen LogP contribution in [-0.2, 0) is 22.8 Å². The summed E-state index contributed by atoms with van der Waals surface area (Å²) in [6.45, 7) is 8.98. The summed E-state index contributed by atoms with van der Waals surface area (Å²) >= 11 is 0. The van der Waals surface area contributed by atoms with Crippen LogP contribution in [0.2, 0.25) is 25.7 Å². The zero-order valence-electron chi connectivity index (χ0n) is 26.8. The standard InChI is InChI=1S/C33H40N6O4Si/c1-34-33-37-31-30(32(38-33)42-21-23-8-7-12-35-18-23)27(20-39(31)22-40-14-15-44(2,3)4)24-10-11-28-25(16-24)17-26(19-36-28)43-29-9-5-6-13-41-29/h7-8,10-12,16-20,29H,5-6,9,13-15,21-22H2,1-4H3,(H,34,37,38)/i7D. The second-order valence-electron chi connectivity index (χ2n) is 12.2. The van der Waals surface area contributed by atoms with Crippen LogP contribution in [0.1, 0.15) is 26.2 Å². The van der Waals surface area contributed by atoms with Gasteiger partial charge < -0.3 is 28.8 Å². The highest BCUT2D eigenvalue weighted by Crippen LogP contribution is 2.38. The predicted octanol–water partition coefficient (Wildman–Crippen LogP) is 6.88. The number of rotatable bonds is 12. The first kappa shape index (κ1) is 28.7. The Labute approximate surface area is 260 Å². The van der Waals surface area contributed by atoms with Gasteiger partial charge in [-0.3, -0.25) is 9.97 Å². The van der Waals surface area contributed by atoms with Crippen LogP contribution in [0.3, 0.4) is 0 Å². The lowest BCUT2D eigenvalue weighted by Crippen LogP contribution is -2.24. The SMILES string of the molecule is [2H]c1cncc(COc2nc(NC)nc3c2c(-c2ccc4ncc(OC5CCCCO5)cc4c2)cn3COCC[Si](C)(C)C)c1. The van der Waals surface area contributed by atoms with Crippen LogP contribution in [0.5, 0.6) is 11.6 Å². The van der Waals surface area contributed by atoms with Crippen molar-refractivity contribution in [1.82, 2.24) is 24.5 Å². The molecule has 1 aliphatic rings. The number of benzene rings is 1. The molecule has 5 heterocycles. The van der Waals surface area contributed by atoms with E-state index in [1.165, 1.54) is 6.20 Å². The lowest BCUT2D eigenvalue weighted by Gasteiger charge is -2.23. The molecule has 10 nitrogen and oxygen atoms in total. The van der Waals surface area contributed by atoms with Crippen molar-refractivity contribution in [3.8, 4) is 22.8 Å². The third-order valence-electron chi connectivity index (χ3n) is 7.54. The van der Waals surface area contributed by atoms with Crippen molar-refractivity contribution in [3.63, 3.8) is 0 Å². The first-order valence-electron chi connectivity index (χ1n) is 15.6. The molecular formula is C33H40N6O4Si. The number of pyridine rings is 2. The molecule has 6 rings (SSSR count). The monoisotopic (exact) mass is 613 g/mol. The fraction of sp³-hybridized carbons (Fsp3) is 0.394. The van der Waals surface area contributed by atoms with Crippen molar-refractivity contribution >= 4 is 36.0 Å². The Morgan fingerprint density at radius 2 is 2.05 bits per heavy atom. The van der Waals surface area contributed by atoms with Gasteiger partial charge in [-0.2, -0.15) is 9.97 Å². The molecule has 5 aromatic rings. The topological polar surface area (TPSA) is 105 Å². The van der Waals surface area contributed by atoms with Gasteiger partial charge in [-0.15, -0.1) is 0 Å². The van der Waals surface area contributed by atoms with Crippen molar-refractivity contribution in [2.45, 2.75) is 64.6 Å². The Morgan fingerprint density at radius 1 is 1.14 bits per heavy atom. The number of nitrogens with zero attached hydrogens (tertiary/aromatic N) is 5. The van der Waals surface area contributed by atoms with Crippen LogP contribution in [0.15, 0.2) is 61.2 Å². The third-order valence-corrected chi connectivity index (χ3v) is 9.24. The molecule has 1 unspecified atom stereocenters. The molecule has 1 fully saturated rings. The molecule has 0 spiro atoms. The molecule has 0 amide bonds. The number of hydrogen-bond donors (Lipinski definition) is 1. The van der Waals surface area contributed by atoms with Crippen LogP contribution in [-0.4, -0.2) is 59.1 Å². The lowest BCUT2D eigenvalue weighted by atomic mass is 10.0. The Hall–Kier alpha value is -4.06. The van der Waals surface area contributed by atoms with Gasteiger partial charge in [-0.25, -0.2) is 0 Å². The van der Waals surface area contributed by atoms with Gasteiger partial charge in [0.15, 0.2) is 11.9 Å². The number of anilines is 1. The fourth-order valence-electron chi connectivity index (χ4n) is 5.12. The Kier molecular flexibility index (Phi) is 8.67. The summed E-state index contributed by atoms with van der Waals surface area (Å²) < 4.78 is 34.4. The number of nitrogens with one attached hydrogen (secondary N) is 1. The average Bonchev–Trinajstić information content (AvgIpc) is 3.40. The zero-order chi connectivity index (χ0) is 31.4. The van der Waals surface area contributed by atoms with E-state index in [2.05, 4.69) is 53.3 Å². The van der Waals surface area contributed by atoms with E-state index in [9.17, 15) is 0 Å². The van der Waals surface area contributed by atoms with Gasteiger partial charge in [0.25, 0.3) is 0 Å². The molecule has 1 saturated heterocycles. The minimum Gasteiger partial charge on any atom is -0.472 e. The molecule has 1 atom stereocenters. The van der Waals surface area contributed by atoms with Crippen molar-refractivity contribution in [3.05, 3.63) is 66.7 Å². The fourth-order valence-corrected chi connectivity index (χ4v) is 5.87. The molecule has 0 aliphatic carbocycles. The summed E-state index contributed by atoms with van der Waals surface area (Å²) in [5, 5.41) is 4.79. The molecule has 0 saturated carbocycles. The molecule has 44 heavy (non-hydrogen) atoms. The van der Waals surface area contributed by atoms with Crippen LogP contribution in [0.25, 0.3) is 33.1 Å². The first-order valence-corrected chi connectivity index (χ1v) is 18.8. The molecular weight excluding hydrogens is 572 g/mol. The zero-order valence-corrected chi connectivity index (χ0v) is 26.8. The summed E-state index contributed by atoms with van der Waals surface area (Å²) in [5.74, 6) is 1.55. The van der Waals surface area contributed by atoms with Gasteiger partial charge in [-0.1, -0.05) is 31.8 Å². The molecule has 1 aromatic carbocycles. The maximum atomic E-state index is 7.95.